The summed E-state index contributed by atoms with van der Waals surface area (Å²) in [6, 6.07) is 11.5. The molecule has 2 amide bonds. The first-order chi connectivity index (χ1) is 12.6. The van der Waals surface area contributed by atoms with Gasteiger partial charge in [0.2, 0.25) is 5.91 Å². The fourth-order valence-electron chi connectivity index (χ4n) is 3.41. The van der Waals surface area contributed by atoms with Crippen molar-refractivity contribution in [1.82, 2.24) is 10.2 Å². The molecule has 2 aromatic rings. The molecule has 1 unspecified atom stereocenters. The third kappa shape index (κ3) is 4.52. The molecule has 1 aliphatic rings. The lowest BCUT2D eigenvalue weighted by atomic mass is 9.97. The summed E-state index contributed by atoms with van der Waals surface area (Å²) in [6.45, 7) is 3.10. The molecule has 2 heterocycles. The van der Waals surface area contributed by atoms with E-state index in [1.165, 1.54) is 6.26 Å². The molecule has 3 N–H and O–H groups in total. The van der Waals surface area contributed by atoms with Gasteiger partial charge >= 0.3 is 0 Å². The topological polar surface area (TPSA) is 88.6 Å². The summed E-state index contributed by atoms with van der Waals surface area (Å²) in [6.07, 6.45) is 4.23. The summed E-state index contributed by atoms with van der Waals surface area (Å²) in [5.74, 6) is -0.130. The van der Waals surface area contributed by atoms with Crippen molar-refractivity contribution >= 4 is 11.8 Å². The zero-order valence-corrected chi connectivity index (χ0v) is 14.8. The number of rotatable bonds is 7. The van der Waals surface area contributed by atoms with Crippen LogP contribution in [0.15, 0.2) is 47.1 Å². The number of carbonyl (C=O) groups is 2. The number of carbonyl (C=O) groups excluding carboxylic acids is 2. The summed E-state index contributed by atoms with van der Waals surface area (Å²) < 4.78 is 5.39. The number of nitrogens with one attached hydrogen (secondary N) is 1. The SMILES string of the molecule is NC(=O)C1CCCN(CCCNC(=O)c2occc2-c2ccccc2)C1. The fraction of sp³-hybridized carbons (Fsp3) is 0.400. The lowest BCUT2D eigenvalue weighted by molar-refractivity contribution is -0.123. The van der Waals surface area contributed by atoms with E-state index in [-0.39, 0.29) is 17.7 Å². The third-order valence-corrected chi connectivity index (χ3v) is 4.80. The van der Waals surface area contributed by atoms with Gasteiger partial charge in [0.15, 0.2) is 5.76 Å². The van der Waals surface area contributed by atoms with Crippen LogP contribution in [0.2, 0.25) is 0 Å². The quantitative estimate of drug-likeness (QED) is 0.746. The normalized spacial score (nSPS) is 17.8. The largest absolute Gasteiger partial charge is 0.459 e. The number of hydrogen-bond acceptors (Lipinski definition) is 4. The average molecular weight is 355 g/mol. The predicted octanol–water partition coefficient (Wildman–Crippen LogP) is 2.26. The minimum absolute atomic E-state index is 0.0464. The van der Waals surface area contributed by atoms with Crippen LogP contribution in [-0.2, 0) is 4.79 Å². The second kappa shape index (κ2) is 8.67. The highest BCUT2D eigenvalue weighted by molar-refractivity contribution is 5.98. The van der Waals surface area contributed by atoms with Gasteiger partial charge < -0.3 is 20.4 Å². The highest BCUT2D eigenvalue weighted by Gasteiger charge is 2.23. The maximum Gasteiger partial charge on any atom is 0.287 e. The summed E-state index contributed by atoms with van der Waals surface area (Å²) >= 11 is 0. The number of nitrogens with two attached hydrogens (primary N) is 1. The van der Waals surface area contributed by atoms with Gasteiger partial charge in [0.25, 0.3) is 5.91 Å². The van der Waals surface area contributed by atoms with Crippen LogP contribution in [-0.4, -0.2) is 42.9 Å². The van der Waals surface area contributed by atoms with Crippen molar-refractivity contribution in [3.63, 3.8) is 0 Å². The van der Waals surface area contributed by atoms with Crippen LogP contribution in [0.25, 0.3) is 11.1 Å². The van der Waals surface area contributed by atoms with E-state index in [1.54, 1.807) is 0 Å². The third-order valence-electron chi connectivity index (χ3n) is 4.80. The number of amides is 2. The number of benzene rings is 1. The van der Waals surface area contributed by atoms with Crippen molar-refractivity contribution in [3.05, 3.63) is 48.4 Å². The Morgan fingerprint density at radius 2 is 2.04 bits per heavy atom. The number of piperidine rings is 1. The van der Waals surface area contributed by atoms with Gasteiger partial charge in [-0.3, -0.25) is 9.59 Å². The van der Waals surface area contributed by atoms with Crippen molar-refractivity contribution in [2.75, 3.05) is 26.2 Å². The predicted molar refractivity (Wildman–Crippen MR) is 99.5 cm³/mol. The van der Waals surface area contributed by atoms with E-state index in [9.17, 15) is 9.59 Å². The van der Waals surface area contributed by atoms with Gasteiger partial charge in [-0.25, -0.2) is 0 Å². The van der Waals surface area contributed by atoms with E-state index >= 15 is 0 Å². The van der Waals surface area contributed by atoms with Gasteiger partial charge in [-0.1, -0.05) is 30.3 Å². The first-order valence-electron chi connectivity index (χ1n) is 9.08. The Hall–Kier alpha value is -2.60. The molecule has 1 atom stereocenters. The van der Waals surface area contributed by atoms with E-state index in [0.29, 0.717) is 12.3 Å². The van der Waals surface area contributed by atoms with E-state index < -0.39 is 0 Å². The monoisotopic (exact) mass is 355 g/mol. The molecular formula is C20H25N3O3. The van der Waals surface area contributed by atoms with Gasteiger partial charge in [-0.2, -0.15) is 0 Å². The molecule has 138 valence electrons. The maximum absolute atomic E-state index is 12.4. The smallest absolute Gasteiger partial charge is 0.287 e. The maximum atomic E-state index is 12.4. The van der Waals surface area contributed by atoms with Crippen molar-refractivity contribution in [1.29, 1.82) is 0 Å². The second-order valence-corrected chi connectivity index (χ2v) is 6.68. The Labute approximate surface area is 153 Å². The molecule has 0 bridgehead atoms. The van der Waals surface area contributed by atoms with E-state index in [4.69, 9.17) is 10.2 Å². The van der Waals surface area contributed by atoms with Crippen LogP contribution in [0.4, 0.5) is 0 Å². The molecule has 0 saturated carbocycles. The van der Waals surface area contributed by atoms with Crippen LogP contribution < -0.4 is 11.1 Å². The molecule has 1 saturated heterocycles. The molecule has 1 aliphatic heterocycles. The van der Waals surface area contributed by atoms with Crippen LogP contribution >= 0.6 is 0 Å². The standard InChI is InChI=1S/C20H25N3O3/c21-19(24)16-8-4-11-23(14-16)12-5-10-22-20(25)18-17(9-13-26-18)15-6-2-1-3-7-15/h1-3,6-7,9,13,16H,4-5,8,10-12,14H2,(H2,21,24)(H,22,25). The molecular weight excluding hydrogens is 330 g/mol. The number of hydrogen-bond donors (Lipinski definition) is 2. The summed E-state index contributed by atoms with van der Waals surface area (Å²) in [4.78, 5) is 26.0. The molecule has 3 rings (SSSR count). The van der Waals surface area contributed by atoms with Crippen molar-refractivity contribution in [2.45, 2.75) is 19.3 Å². The highest BCUT2D eigenvalue weighted by Crippen LogP contribution is 2.24. The Morgan fingerprint density at radius 1 is 1.23 bits per heavy atom. The first kappa shape index (κ1) is 18.2. The number of furan rings is 1. The van der Waals surface area contributed by atoms with Gasteiger partial charge in [-0.05, 0) is 44.0 Å². The number of nitrogens with zero attached hydrogens (tertiary/aromatic N) is 1. The summed E-state index contributed by atoms with van der Waals surface area (Å²) in [7, 11) is 0. The summed E-state index contributed by atoms with van der Waals surface area (Å²) in [5, 5.41) is 2.92. The molecule has 6 nitrogen and oxygen atoms in total. The second-order valence-electron chi connectivity index (χ2n) is 6.68. The van der Waals surface area contributed by atoms with Gasteiger partial charge in [-0.15, -0.1) is 0 Å². The van der Waals surface area contributed by atoms with E-state index in [2.05, 4.69) is 10.2 Å². The lowest BCUT2D eigenvalue weighted by Crippen LogP contribution is -2.42. The summed E-state index contributed by atoms with van der Waals surface area (Å²) in [5.41, 5.74) is 7.16. The first-order valence-corrected chi connectivity index (χ1v) is 9.08. The van der Waals surface area contributed by atoms with E-state index in [1.807, 2.05) is 36.4 Å². The van der Waals surface area contributed by atoms with Crippen molar-refractivity contribution < 1.29 is 14.0 Å². The van der Waals surface area contributed by atoms with Gasteiger partial charge in [0.05, 0.1) is 12.2 Å². The molecule has 1 aromatic heterocycles. The number of likely N-dealkylation sites (tertiary alicyclic amines) is 1. The number of primary amides is 1. The highest BCUT2D eigenvalue weighted by atomic mass is 16.3. The molecule has 1 fully saturated rings. The molecule has 0 aliphatic carbocycles. The van der Waals surface area contributed by atoms with Crippen molar-refractivity contribution in [3.8, 4) is 11.1 Å². The van der Waals surface area contributed by atoms with Crippen LogP contribution in [0.5, 0.6) is 0 Å². The van der Waals surface area contributed by atoms with Gasteiger partial charge in [0.1, 0.15) is 0 Å². The Bertz CT molecular complexity index is 742. The molecule has 26 heavy (non-hydrogen) atoms. The minimum atomic E-state index is -0.214. The average Bonchev–Trinajstić information content (AvgIpc) is 3.16. The fourth-order valence-corrected chi connectivity index (χ4v) is 3.41. The Morgan fingerprint density at radius 3 is 2.81 bits per heavy atom. The Balaban J connectivity index is 1.47. The zero-order valence-electron chi connectivity index (χ0n) is 14.8. The minimum Gasteiger partial charge on any atom is -0.459 e. The van der Waals surface area contributed by atoms with E-state index in [0.717, 1.165) is 50.0 Å². The molecule has 1 aromatic carbocycles. The zero-order chi connectivity index (χ0) is 18.4. The Kier molecular flexibility index (Phi) is 6.07. The van der Waals surface area contributed by atoms with Crippen LogP contribution in [0.1, 0.15) is 29.8 Å². The van der Waals surface area contributed by atoms with Crippen LogP contribution in [0.3, 0.4) is 0 Å². The molecule has 6 heteroatoms. The molecule has 0 radical (unpaired) electrons. The lowest BCUT2D eigenvalue weighted by Gasteiger charge is -2.31. The van der Waals surface area contributed by atoms with Gasteiger partial charge in [0, 0.05) is 18.7 Å². The molecule has 0 spiro atoms. The van der Waals surface area contributed by atoms with Crippen LogP contribution in [0, 0.1) is 5.92 Å². The van der Waals surface area contributed by atoms with Crippen molar-refractivity contribution in [2.24, 2.45) is 11.7 Å².